The molecule has 0 N–H and O–H groups in total. The Labute approximate surface area is 320 Å². The third-order valence-electron chi connectivity index (χ3n) is 12.6. The van der Waals surface area contributed by atoms with Crippen LogP contribution < -0.4 is 4.74 Å². The molecule has 1 spiro atoms. The second-order valence-corrected chi connectivity index (χ2v) is 15.1. The van der Waals surface area contributed by atoms with Gasteiger partial charge in [-0.25, -0.2) is 0 Å². The normalized spacial score (nSPS) is 16.4. The monoisotopic (exact) mass is 698 g/mol. The fraction of sp³-hybridized carbons (Fsp3) is 0.0370. The summed E-state index contributed by atoms with van der Waals surface area (Å²) in [6.45, 7) is 0. The van der Waals surface area contributed by atoms with Gasteiger partial charge >= 0.3 is 0 Å². The van der Waals surface area contributed by atoms with Crippen molar-refractivity contribution in [2.45, 2.75) is 10.8 Å². The van der Waals surface area contributed by atoms with Crippen LogP contribution in [0.2, 0.25) is 0 Å². The van der Waals surface area contributed by atoms with Gasteiger partial charge in [-0.1, -0.05) is 182 Å². The lowest BCUT2D eigenvalue weighted by Gasteiger charge is -2.41. The number of rotatable bonds is 3. The van der Waals surface area contributed by atoms with E-state index in [2.05, 4.69) is 206 Å². The van der Waals surface area contributed by atoms with Gasteiger partial charge in [0.1, 0.15) is 11.5 Å². The lowest BCUT2D eigenvalue weighted by Crippen LogP contribution is -2.34. The van der Waals surface area contributed by atoms with E-state index in [-0.39, 0.29) is 0 Å². The molecular formula is C54H34O. The standard InChI is InChI=1S/C54H34O/c1-3-17-38(18-4-1)53(39-19-5-2-6-20-39)46-26-11-12-28-50(46)55-51-32-30-37(34-49(51)53)36-29-31-42-40-21-7-9-24-44(40)54(48(42)33-36)45-25-10-8-22-41(45)43-23-13-15-35-16-14-27-47(54)52(35)43/h1-34H. The molecule has 9 aromatic carbocycles. The summed E-state index contributed by atoms with van der Waals surface area (Å²) in [5, 5.41) is 2.62. The summed E-state index contributed by atoms with van der Waals surface area (Å²) >= 11 is 0. The van der Waals surface area contributed by atoms with Crippen LogP contribution in [-0.2, 0) is 10.8 Å². The highest BCUT2D eigenvalue weighted by Crippen LogP contribution is 2.62. The zero-order valence-corrected chi connectivity index (χ0v) is 30.0. The number of ether oxygens (including phenoxy) is 1. The van der Waals surface area contributed by atoms with E-state index in [1.165, 1.54) is 72.0 Å². The number of para-hydroxylation sites is 1. The molecule has 1 heteroatoms. The molecule has 256 valence electrons. The van der Waals surface area contributed by atoms with E-state index in [0.717, 1.165) is 28.2 Å². The highest BCUT2D eigenvalue weighted by atomic mass is 16.5. The molecule has 2 aliphatic carbocycles. The maximum Gasteiger partial charge on any atom is 0.132 e. The second kappa shape index (κ2) is 11.3. The molecule has 0 amide bonds. The van der Waals surface area contributed by atoms with Gasteiger partial charge < -0.3 is 4.74 Å². The molecule has 1 heterocycles. The van der Waals surface area contributed by atoms with E-state index in [9.17, 15) is 0 Å². The van der Waals surface area contributed by atoms with Crippen molar-refractivity contribution >= 4 is 10.8 Å². The Hall–Kier alpha value is -6.96. The summed E-state index contributed by atoms with van der Waals surface area (Å²) in [4.78, 5) is 0. The SMILES string of the molecule is c1ccc(C2(c3ccccc3)c3ccccc3Oc3ccc(-c4ccc5c(c4)C4(c6ccccc6-5)c5ccccc5-c5cccc6cccc4c56)cc32)cc1. The van der Waals surface area contributed by atoms with E-state index in [1.807, 2.05) is 0 Å². The molecular weight excluding hydrogens is 665 g/mol. The van der Waals surface area contributed by atoms with E-state index in [0.29, 0.717) is 0 Å². The minimum Gasteiger partial charge on any atom is -0.457 e. The zero-order valence-electron chi connectivity index (χ0n) is 30.0. The molecule has 1 nitrogen and oxygen atoms in total. The van der Waals surface area contributed by atoms with Crippen molar-refractivity contribution in [2.24, 2.45) is 0 Å². The van der Waals surface area contributed by atoms with Crippen LogP contribution in [0.3, 0.4) is 0 Å². The molecule has 0 bridgehead atoms. The Bertz CT molecular complexity index is 2970. The van der Waals surface area contributed by atoms with Crippen molar-refractivity contribution in [3.8, 4) is 44.9 Å². The highest BCUT2D eigenvalue weighted by molar-refractivity contribution is 6.07. The van der Waals surface area contributed by atoms with E-state index >= 15 is 0 Å². The van der Waals surface area contributed by atoms with Gasteiger partial charge in [-0.05, 0) is 102 Å². The molecule has 1 atom stereocenters. The molecule has 0 saturated heterocycles. The number of hydrogen-bond acceptors (Lipinski definition) is 1. The largest absolute Gasteiger partial charge is 0.457 e. The molecule has 12 rings (SSSR count). The first kappa shape index (κ1) is 30.5. The van der Waals surface area contributed by atoms with Crippen LogP contribution in [0.5, 0.6) is 11.5 Å². The third kappa shape index (κ3) is 3.92. The molecule has 55 heavy (non-hydrogen) atoms. The summed E-state index contributed by atoms with van der Waals surface area (Å²) < 4.78 is 6.78. The predicted octanol–water partition coefficient (Wildman–Crippen LogP) is 13.3. The fourth-order valence-electron chi connectivity index (χ4n) is 10.5. The van der Waals surface area contributed by atoms with Crippen molar-refractivity contribution < 1.29 is 4.74 Å². The van der Waals surface area contributed by atoms with Crippen LogP contribution in [0.25, 0.3) is 44.2 Å². The van der Waals surface area contributed by atoms with Gasteiger partial charge in [0.25, 0.3) is 0 Å². The molecule has 1 unspecified atom stereocenters. The van der Waals surface area contributed by atoms with Crippen molar-refractivity contribution in [2.75, 3.05) is 0 Å². The smallest absolute Gasteiger partial charge is 0.132 e. The van der Waals surface area contributed by atoms with Gasteiger partial charge in [-0.3, -0.25) is 0 Å². The summed E-state index contributed by atoms with van der Waals surface area (Å²) in [6.07, 6.45) is 0. The van der Waals surface area contributed by atoms with Crippen molar-refractivity contribution in [1.82, 2.24) is 0 Å². The Morgan fingerprint density at radius 2 is 0.782 bits per heavy atom. The minimum absolute atomic E-state index is 0.472. The third-order valence-corrected chi connectivity index (χ3v) is 12.6. The quantitative estimate of drug-likeness (QED) is 0.178. The Kier molecular flexibility index (Phi) is 6.25. The molecule has 1 aliphatic heterocycles. The maximum atomic E-state index is 6.78. The van der Waals surface area contributed by atoms with Crippen LogP contribution in [0.4, 0.5) is 0 Å². The molecule has 9 aromatic rings. The Morgan fingerprint density at radius 3 is 1.49 bits per heavy atom. The van der Waals surface area contributed by atoms with Crippen molar-refractivity contribution in [3.05, 3.63) is 251 Å². The highest BCUT2D eigenvalue weighted by Gasteiger charge is 2.50. The second-order valence-electron chi connectivity index (χ2n) is 15.1. The summed E-state index contributed by atoms with van der Waals surface area (Å²) in [7, 11) is 0. The van der Waals surface area contributed by atoms with Gasteiger partial charge in [-0.15, -0.1) is 0 Å². The van der Waals surface area contributed by atoms with Crippen LogP contribution in [0.1, 0.15) is 44.5 Å². The molecule has 0 radical (unpaired) electrons. The minimum atomic E-state index is -0.585. The van der Waals surface area contributed by atoms with Gasteiger partial charge in [0.2, 0.25) is 0 Å². The first-order valence-electron chi connectivity index (χ1n) is 19.2. The van der Waals surface area contributed by atoms with Crippen molar-refractivity contribution in [1.29, 1.82) is 0 Å². The lowest BCUT2D eigenvalue weighted by molar-refractivity contribution is 0.434. The number of hydrogen-bond donors (Lipinski definition) is 0. The maximum absolute atomic E-state index is 6.78. The number of fused-ring (bicyclic) bond motifs is 11. The first-order valence-corrected chi connectivity index (χ1v) is 19.2. The molecule has 3 aliphatic rings. The van der Waals surface area contributed by atoms with Crippen LogP contribution in [0, 0.1) is 0 Å². The Balaban J connectivity index is 1.15. The molecule has 0 fully saturated rings. The van der Waals surface area contributed by atoms with Crippen LogP contribution in [0.15, 0.2) is 206 Å². The van der Waals surface area contributed by atoms with Gasteiger partial charge in [0, 0.05) is 11.1 Å². The average molecular weight is 699 g/mol. The van der Waals surface area contributed by atoms with Crippen LogP contribution in [-0.4, -0.2) is 0 Å². The molecule has 0 aromatic heterocycles. The first-order chi connectivity index (χ1) is 27.3. The van der Waals surface area contributed by atoms with Gasteiger partial charge in [-0.2, -0.15) is 0 Å². The summed E-state index contributed by atoms with van der Waals surface area (Å²) in [5.41, 5.74) is 16.6. The summed E-state index contributed by atoms with van der Waals surface area (Å²) in [5.74, 6) is 1.77. The topological polar surface area (TPSA) is 9.23 Å². The van der Waals surface area contributed by atoms with Gasteiger partial charge in [0.05, 0.1) is 10.8 Å². The fourth-order valence-corrected chi connectivity index (χ4v) is 10.5. The average Bonchev–Trinajstić information content (AvgIpc) is 3.55. The molecule has 0 saturated carbocycles. The van der Waals surface area contributed by atoms with E-state index < -0.39 is 10.8 Å². The summed E-state index contributed by atoms with van der Waals surface area (Å²) in [6, 6.07) is 76.3. The Morgan fingerprint density at radius 1 is 0.291 bits per heavy atom. The van der Waals surface area contributed by atoms with E-state index in [1.54, 1.807) is 0 Å². The zero-order chi connectivity index (χ0) is 36.1. The van der Waals surface area contributed by atoms with Crippen molar-refractivity contribution in [3.63, 3.8) is 0 Å². The van der Waals surface area contributed by atoms with Crippen LogP contribution >= 0.6 is 0 Å². The van der Waals surface area contributed by atoms with Gasteiger partial charge in [0.15, 0.2) is 0 Å². The predicted molar refractivity (Wildman–Crippen MR) is 224 cm³/mol. The number of benzene rings is 9. The van der Waals surface area contributed by atoms with E-state index in [4.69, 9.17) is 4.74 Å². The lowest BCUT2D eigenvalue weighted by atomic mass is 9.61.